The van der Waals surface area contributed by atoms with Gasteiger partial charge in [0.25, 0.3) is 0 Å². The standard InChI is InChI=1S/C9H15NO/c1-3-6-10-7-4-5-8(11-2)9(7)10/h4-5,7-9H,3,6H2,1-2H3/t7-,8-,9-,10?/m1/s1. The summed E-state index contributed by atoms with van der Waals surface area (Å²) in [5, 5.41) is 0. The zero-order valence-electron chi connectivity index (χ0n) is 7.16. The molecule has 2 nitrogen and oxygen atoms in total. The highest BCUT2D eigenvalue weighted by Gasteiger charge is 2.52. The van der Waals surface area contributed by atoms with Crippen molar-refractivity contribution in [3.05, 3.63) is 12.2 Å². The third kappa shape index (κ3) is 1.01. The fourth-order valence-corrected chi connectivity index (χ4v) is 2.04. The van der Waals surface area contributed by atoms with E-state index in [1.54, 1.807) is 7.11 Å². The van der Waals surface area contributed by atoms with Crippen LogP contribution in [0, 0.1) is 0 Å². The van der Waals surface area contributed by atoms with Crippen LogP contribution in [0.3, 0.4) is 0 Å². The number of methoxy groups -OCH3 is 1. The zero-order chi connectivity index (χ0) is 7.84. The lowest BCUT2D eigenvalue weighted by Gasteiger charge is -2.09. The van der Waals surface area contributed by atoms with Crippen molar-refractivity contribution in [2.75, 3.05) is 13.7 Å². The van der Waals surface area contributed by atoms with Crippen LogP contribution >= 0.6 is 0 Å². The Balaban J connectivity index is 1.91. The summed E-state index contributed by atoms with van der Waals surface area (Å²) < 4.78 is 5.31. The number of hydrogen-bond donors (Lipinski definition) is 0. The lowest BCUT2D eigenvalue weighted by Crippen LogP contribution is -2.18. The van der Waals surface area contributed by atoms with Gasteiger partial charge >= 0.3 is 0 Å². The Kier molecular flexibility index (Phi) is 1.74. The summed E-state index contributed by atoms with van der Waals surface area (Å²) in [4.78, 5) is 2.49. The van der Waals surface area contributed by atoms with Crippen LogP contribution in [0.15, 0.2) is 12.2 Å². The molecule has 1 heterocycles. The number of nitrogens with zero attached hydrogens (tertiary/aromatic N) is 1. The molecule has 1 fully saturated rings. The van der Waals surface area contributed by atoms with Crippen molar-refractivity contribution in [1.29, 1.82) is 0 Å². The third-order valence-electron chi connectivity index (χ3n) is 2.61. The molecule has 0 spiro atoms. The largest absolute Gasteiger partial charge is 0.376 e. The van der Waals surface area contributed by atoms with Gasteiger partial charge in [-0.2, -0.15) is 0 Å². The van der Waals surface area contributed by atoms with E-state index in [0.29, 0.717) is 18.2 Å². The van der Waals surface area contributed by atoms with Crippen LogP contribution in [0.4, 0.5) is 0 Å². The highest BCUT2D eigenvalue weighted by Crippen LogP contribution is 2.38. The van der Waals surface area contributed by atoms with E-state index in [9.17, 15) is 0 Å². The molecule has 0 amide bonds. The number of ether oxygens (including phenoxy) is 1. The first-order chi connectivity index (χ1) is 5.38. The molecular weight excluding hydrogens is 138 g/mol. The van der Waals surface area contributed by atoms with E-state index in [0.717, 1.165) is 0 Å². The normalized spacial score (nSPS) is 46.0. The summed E-state index contributed by atoms with van der Waals surface area (Å²) in [5.41, 5.74) is 0. The molecule has 0 aromatic rings. The van der Waals surface area contributed by atoms with Crippen molar-refractivity contribution in [1.82, 2.24) is 4.90 Å². The Morgan fingerprint density at radius 3 is 2.91 bits per heavy atom. The first kappa shape index (κ1) is 7.32. The van der Waals surface area contributed by atoms with Gasteiger partial charge in [-0.1, -0.05) is 19.1 Å². The highest BCUT2D eigenvalue weighted by molar-refractivity contribution is 5.27. The molecule has 1 unspecified atom stereocenters. The molecule has 0 aromatic carbocycles. The summed E-state index contributed by atoms with van der Waals surface area (Å²) in [6.45, 7) is 3.44. The second-order valence-electron chi connectivity index (χ2n) is 3.30. The van der Waals surface area contributed by atoms with Crippen molar-refractivity contribution in [3.8, 4) is 0 Å². The summed E-state index contributed by atoms with van der Waals surface area (Å²) >= 11 is 0. The van der Waals surface area contributed by atoms with Crippen LogP contribution in [0.1, 0.15) is 13.3 Å². The number of rotatable bonds is 3. The fraction of sp³-hybridized carbons (Fsp3) is 0.778. The third-order valence-corrected chi connectivity index (χ3v) is 2.61. The minimum atomic E-state index is 0.367. The maximum absolute atomic E-state index is 5.31. The van der Waals surface area contributed by atoms with Gasteiger partial charge < -0.3 is 4.74 Å². The van der Waals surface area contributed by atoms with Crippen molar-refractivity contribution in [2.24, 2.45) is 0 Å². The predicted molar refractivity (Wildman–Crippen MR) is 44.5 cm³/mol. The monoisotopic (exact) mass is 153 g/mol. The van der Waals surface area contributed by atoms with E-state index < -0.39 is 0 Å². The molecule has 0 radical (unpaired) electrons. The molecule has 0 N–H and O–H groups in total. The second kappa shape index (κ2) is 2.61. The van der Waals surface area contributed by atoms with Crippen LogP contribution < -0.4 is 0 Å². The highest BCUT2D eigenvalue weighted by atomic mass is 16.5. The van der Waals surface area contributed by atoms with Gasteiger partial charge in [-0.3, -0.25) is 4.90 Å². The van der Waals surface area contributed by atoms with E-state index >= 15 is 0 Å². The average Bonchev–Trinajstić information content (AvgIpc) is 2.57. The lowest BCUT2D eigenvalue weighted by molar-refractivity contribution is 0.129. The molecule has 2 heteroatoms. The minimum Gasteiger partial charge on any atom is -0.376 e. The molecule has 0 bridgehead atoms. The number of fused-ring (bicyclic) bond motifs is 1. The van der Waals surface area contributed by atoms with Crippen molar-refractivity contribution < 1.29 is 4.74 Å². The van der Waals surface area contributed by atoms with Crippen LogP contribution in [0.2, 0.25) is 0 Å². The van der Waals surface area contributed by atoms with Crippen LogP contribution in [-0.4, -0.2) is 36.7 Å². The molecular formula is C9H15NO. The minimum absolute atomic E-state index is 0.367. The molecule has 4 atom stereocenters. The molecule has 62 valence electrons. The van der Waals surface area contributed by atoms with Crippen LogP contribution in [-0.2, 0) is 4.74 Å². The van der Waals surface area contributed by atoms with Gasteiger partial charge in [0.2, 0.25) is 0 Å². The van der Waals surface area contributed by atoms with Gasteiger partial charge in [0.15, 0.2) is 0 Å². The molecule has 11 heavy (non-hydrogen) atoms. The molecule has 1 saturated heterocycles. The predicted octanol–water partition coefficient (Wildman–Crippen LogP) is 1.03. The Morgan fingerprint density at radius 2 is 2.27 bits per heavy atom. The Labute approximate surface area is 67.8 Å². The average molecular weight is 153 g/mol. The van der Waals surface area contributed by atoms with Gasteiger partial charge in [0.1, 0.15) is 0 Å². The van der Waals surface area contributed by atoms with Crippen LogP contribution in [0.5, 0.6) is 0 Å². The van der Waals surface area contributed by atoms with E-state index in [1.165, 1.54) is 13.0 Å². The summed E-state index contributed by atoms with van der Waals surface area (Å²) in [6.07, 6.45) is 6.07. The summed E-state index contributed by atoms with van der Waals surface area (Å²) in [5.74, 6) is 0. The molecule has 0 aromatic heterocycles. The maximum Gasteiger partial charge on any atom is 0.0926 e. The SMILES string of the molecule is CCCN1[C@@H]2[C@H]1C=C[C@H]2OC. The quantitative estimate of drug-likeness (QED) is 0.443. The molecule has 1 aliphatic carbocycles. The van der Waals surface area contributed by atoms with Gasteiger partial charge in [-0.15, -0.1) is 0 Å². The first-order valence-electron chi connectivity index (χ1n) is 4.35. The van der Waals surface area contributed by atoms with Gasteiger partial charge in [-0.25, -0.2) is 0 Å². The van der Waals surface area contributed by atoms with Gasteiger partial charge in [0.05, 0.1) is 12.1 Å². The van der Waals surface area contributed by atoms with Gasteiger partial charge in [0, 0.05) is 13.2 Å². The fourth-order valence-electron chi connectivity index (χ4n) is 2.04. The van der Waals surface area contributed by atoms with E-state index in [1.807, 2.05) is 0 Å². The topological polar surface area (TPSA) is 12.2 Å². The molecule has 2 rings (SSSR count). The van der Waals surface area contributed by atoms with Crippen molar-refractivity contribution >= 4 is 0 Å². The Hall–Kier alpha value is -0.340. The molecule has 2 aliphatic rings. The van der Waals surface area contributed by atoms with Gasteiger partial charge in [-0.05, 0) is 13.0 Å². The van der Waals surface area contributed by atoms with Crippen LogP contribution in [0.25, 0.3) is 0 Å². The summed E-state index contributed by atoms with van der Waals surface area (Å²) in [6, 6.07) is 1.39. The van der Waals surface area contributed by atoms with Crippen molar-refractivity contribution in [3.63, 3.8) is 0 Å². The molecule has 0 saturated carbocycles. The van der Waals surface area contributed by atoms with E-state index in [2.05, 4.69) is 24.0 Å². The van der Waals surface area contributed by atoms with Crippen molar-refractivity contribution in [2.45, 2.75) is 31.5 Å². The maximum atomic E-state index is 5.31. The smallest absolute Gasteiger partial charge is 0.0926 e. The lowest BCUT2D eigenvalue weighted by atomic mass is 10.3. The second-order valence-corrected chi connectivity index (χ2v) is 3.30. The Morgan fingerprint density at radius 1 is 1.45 bits per heavy atom. The zero-order valence-corrected chi connectivity index (χ0v) is 7.16. The molecule has 1 aliphatic heterocycles. The number of hydrogen-bond acceptors (Lipinski definition) is 2. The van der Waals surface area contributed by atoms with E-state index in [4.69, 9.17) is 4.74 Å². The first-order valence-corrected chi connectivity index (χ1v) is 4.35. The Bertz CT molecular complexity index is 178. The van der Waals surface area contributed by atoms with E-state index in [-0.39, 0.29) is 0 Å². The summed E-state index contributed by atoms with van der Waals surface area (Å²) in [7, 11) is 1.79.